The van der Waals surface area contributed by atoms with Crippen LogP contribution in [-0.2, 0) is 11.0 Å². The molecule has 7 nitrogen and oxygen atoms in total. The highest BCUT2D eigenvalue weighted by atomic mass is 127. The number of alkyl halides is 3. The van der Waals surface area contributed by atoms with Gasteiger partial charge in [0.25, 0.3) is 5.91 Å². The van der Waals surface area contributed by atoms with Crippen molar-refractivity contribution in [3.63, 3.8) is 0 Å². The van der Waals surface area contributed by atoms with Crippen molar-refractivity contribution in [2.75, 3.05) is 13.2 Å². The summed E-state index contributed by atoms with van der Waals surface area (Å²) in [5.74, 6) is -0.467. The molecule has 0 aromatic heterocycles. The Morgan fingerprint density at radius 1 is 1.08 bits per heavy atom. The molecule has 0 bridgehead atoms. The molecule has 1 fully saturated rings. The fourth-order valence-corrected chi connectivity index (χ4v) is 5.67. The summed E-state index contributed by atoms with van der Waals surface area (Å²) < 4.78 is 46.3. The molecular weight excluding hydrogens is 628 g/mol. The lowest BCUT2D eigenvalue weighted by atomic mass is 9.86. The zero-order valence-electron chi connectivity index (χ0n) is 21.0. The van der Waals surface area contributed by atoms with Crippen LogP contribution in [0.5, 0.6) is 5.75 Å². The molecule has 11 heteroatoms. The number of carbonyl (C=O) groups excluding carboxylic acids is 2. The van der Waals surface area contributed by atoms with E-state index in [2.05, 4.69) is 27.9 Å². The quantitative estimate of drug-likeness (QED) is 0.368. The van der Waals surface area contributed by atoms with Crippen LogP contribution in [0.15, 0.2) is 60.2 Å². The smallest absolute Gasteiger partial charge is 0.416 e. The second-order valence-electron chi connectivity index (χ2n) is 9.67. The SMILES string of the molecule is O=C(NCCO)C1=C[C@H](Oc2ccccc2I)[C@@H](O)[C@H](N(C(=O)c2ccc(C(F)(F)F)cc2)C2CCCC2)C1. The first-order valence-electron chi connectivity index (χ1n) is 12.8. The van der Waals surface area contributed by atoms with E-state index in [1.165, 1.54) is 6.08 Å². The molecular formula is C28H30F3IN2O5. The van der Waals surface area contributed by atoms with Crippen molar-refractivity contribution < 1.29 is 37.7 Å². The van der Waals surface area contributed by atoms with Gasteiger partial charge >= 0.3 is 6.18 Å². The van der Waals surface area contributed by atoms with Gasteiger partial charge in [0.15, 0.2) is 0 Å². The Morgan fingerprint density at radius 2 is 1.74 bits per heavy atom. The minimum Gasteiger partial charge on any atom is -0.482 e. The van der Waals surface area contributed by atoms with Crippen molar-refractivity contribution in [3.05, 3.63) is 74.9 Å². The molecule has 210 valence electrons. The fourth-order valence-electron chi connectivity index (χ4n) is 5.16. The molecule has 0 radical (unpaired) electrons. The first-order chi connectivity index (χ1) is 18.6. The van der Waals surface area contributed by atoms with Gasteiger partial charge in [-0.15, -0.1) is 0 Å². The molecule has 0 heterocycles. The van der Waals surface area contributed by atoms with Gasteiger partial charge in [0.1, 0.15) is 18.0 Å². The number of para-hydroxylation sites is 1. The second-order valence-corrected chi connectivity index (χ2v) is 10.8. The Labute approximate surface area is 238 Å². The molecule has 0 spiro atoms. The van der Waals surface area contributed by atoms with Crippen molar-refractivity contribution in [1.82, 2.24) is 10.2 Å². The summed E-state index contributed by atoms with van der Waals surface area (Å²) in [5, 5.41) is 23.3. The molecule has 4 rings (SSSR count). The van der Waals surface area contributed by atoms with Crippen molar-refractivity contribution in [3.8, 4) is 5.75 Å². The van der Waals surface area contributed by atoms with E-state index in [9.17, 15) is 27.9 Å². The first-order valence-corrected chi connectivity index (χ1v) is 13.9. The lowest BCUT2D eigenvalue weighted by Gasteiger charge is -2.43. The van der Waals surface area contributed by atoms with Gasteiger partial charge in [-0.05, 0) is 77.9 Å². The Kier molecular flexibility index (Phi) is 9.55. The summed E-state index contributed by atoms with van der Waals surface area (Å²) in [4.78, 5) is 28.3. The minimum atomic E-state index is -4.53. The van der Waals surface area contributed by atoms with Crippen LogP contribution in [0, 0.1) is 3.57 Å². The summed E-state index contributed by atoms with van der Waals surface area (Å²) in [6, 6.07) is 10.1. The summed E-state index contributed by atoms with van der Waals surface area (Å²) >= 11 is 2.10. The fraction of sp³-hybridized carbons (Fsp3) is 0.429. The van der Waals surface area contributed by atoms with Gasteiger partial charge in [-0.1, -0.05) is 25.0 Å². The minimum absolute atomic E-state index is 0.0209. The number of aliphatic hydroxyl groups is 2. The Balaban J connectivity index is 1.70. The van der Waals surface area contributed by atoms with Crippen LogP contribution >= 0.6 is 22.6 Å². The topological polar surface area (TPSA) is 99.1 Å². The van der Waals surface area contributed by atoms with Gasteiger partial charge in [-0.3, -0.25) is 9.59 Å². The largest absolute Gasteiger partial charge is 0.482 e. The number of nitrogens with zero attached hydrogens (tertiary/aromatic N) is 1. The number of halogens is 4. The van der Waals surface area contributed by atoms with Crippen LogP contribution in [0.25, 0.3) is 0 Å². The van der Waals surface area contributed by atoms with Crippen LogP contribution in [-0.4, -0.2) is 64.4 Å². The number of hydrogen-bond donors (Lipinski definition) is 3. The lowest BCUT2D eigenvalue weighted by molar-refractivity contribution is -0.137. The van der Waals surface area contributed by atoms with E-state index in [0.29, 0.717) is 18.6 Å². The van der Waals surface area contributed by atoms with E-state index in [0.717, 1.165) is 40.7 Å². The highest BCUT2D eigenvalue weighted by Crippen LogP contribution is 2.35. The zero-order valence-corrected chi connectivity index (χ0v) is 23.2. The van der Waals surface area contributed by atoms with Gasteiger partial charge in [0.2, 0.25) is 5.91 Å². The van der Waals surface area contributed by atoms with Gasteiger partial charge in [0, 0.05) is 30.1 Å². The predicted octanol–water partition coefficient (Wildman–Crippen LogP) is 4.31. The van der Waals surface area contributed by atoms with Crippen LogP contribution < -0.4 is 10.1 Å². The number of hydrogen-bond acceptors (Lipinski definition) is 5. The molecule has 2 aromatic rings. The van der Waals surface area contributed by atoms with Crippen LogP contribution in [0.4, 0.5) is 13.2 Å². The van der Waals surface area contributed by atoms with E-state index in [1.54, 1.807) is 17.0 Å². The van der Waals surface area contributed by atoms with E-state index >= 15 is 0 Å². The monoisotopic (exact) mass is 658 g/mol. The Hall–Kier alpha value is -2.64. The molecule has 2 amide bonds. The molecule has 1 saturated carbocycles. The maximum absolute atomic E-state index is 13.8. The number of aliphatic hydroxyl groups excluding tert-OH is 2. The lowest BCUT2D eigenvalue weighted by Crippen LogP contribution is -2.57. The number of nitrogens with one attached hydrogen (secondary N) is 1. The van der Waals surface area contributed by atoms with E-state index in [4.69, 9.17) is 9.84 Å². The molecule has 2 aromatic carbocycles. The number of carbonyl (C=O) groups is 2. The van der Waals surface area contributed by atoms with Crippen molar-refractivity contribution in [2.45, 2.75) is 62.6 Å². The predicted molar refractivity (Wildman–Crippen MR) is 146 cm³/mol. The van der Waals surface area contributed by atoms with Gasteiger partial charge in [-0.25, -0.2) is 0 Å². The number of amides is 2. The maximum Gasteiger partial charge on any atom is 0.416 e. The molecule has 0 unspecified atom stereocenters. The molecule has 0 aliphatic heterocycles. The summed E-state index contributed by atoms with van der Waals surface area (Å²) in [7, 11) is 0. The van der Waals surface area contributed by atoms with E-state index in [1.807, 2.05) is 12.1 Å². The Morgan fingerprint density at radius 3 is 2.36 bits per heavy atom. The third-order valence-corrected chi connectivity index (χ3v) is 7.97. The van der Waals surface area contributed by atoms with Gasteiger partial charge in [-0.2, -0.15) is 13.2 Å². The molecule has 0 saturated heterocycles. The maximum atomic E-state index is 13.8. The summed E-state index contributed by atoms with van der Waals surface area (Å²) in [6.45, 7) is -0.226. The number of benzene rings is 2. The highest BCUT2D eigenvalue weighted by molar-refractivity contribution is 14.1. The van der Waals surface area contributed by atoms with Gasteiger partial charge in [0.05, 0.1) is 21.8 Å². The molecule has 3 atom stereocenters. The molecule has 39 heavy (non-hydrogen) atoms. The van der Waals surface area contributed by atoms with Crippen molar-refractivity contribution in [1.29, 1.82) is 0 Å². The zero-order chi connectivity index (χ0) is 28.2. The number of rotatable bonds is 8. The van der Waals surface area contributed by atoms with Crippen LogP contribution in [0.1, 0.15) is 48.0 Å². The normalized spacial score (nSPS) is 21.8. The van der Waals surface area contributed by atoms with E-state index in [-0.39, 0.29) is 36.8 Å². The average molecular weight is 658 g/mol. The second kappa shape index (κ2) is 12.7. The van der Waals surface area contributed by atoms with Crippen molar-refractivity contribution in [2.24, 2.45) is 0 Å². The van der Waals surface area contributed by atoms with Crippen molar-refractivity contribution >= 4 is 34.4 Å². The van der Waals surface area contributed by atoms with Crippen LogP contribution in [0.2, 0.25) is 0 Å². The standard InChI is InChI=1S/C28H30F3IN2O5/c29-28(30,31)19-11-9-17(10-12-19)27(38)34(20-5-1-2-6-20)22-15-18(26(37)33-13-14-35)16-24(25(22)36)39-23-8-4-3-7-21(23)32/h3-4,7-12,16,20,22,24-25,35-36H,1-2,5-6,13-15H2,(H,33,37)/t22-,24+,25+/m1/s1. The van der Waals surface area contributed by atoms with Gasteiger partial charge < -0.3 is 25.2 Å². The highest BCUT2D eigenvalue weighted by Gasteiger charge is 2.44. The van der Waals surface area contributed by atoms with E-state index < -0.39 is 41.8 Å². The summed E-state index contributed by atoms with van der Waals surface area (Å²) in [6.07, 6.45) is -2.08. The third kappa shape index (κ3) is 6.93. The molecule has 2 aliphatic rings. The first kappa shape index (κ1) is 29.3. The molecule has 3 N–H and O–H groups in total. The molecule has 2 aliphatic carbocycles. The Bertz CT molecular complexity index is 1200. The third-order valence-electron chi connectivity index (χ3n) is 7.08. The summed E-state index contributed by atoms with van der Waals surface area (Å²) in [5.41, 5.74) is -0.503. The number of ether oxygens (including phenoxy) is 1. The van der Waals surface area contributed by atoms with Crippen LogP contribution in [0.3, 0.4) is 0 Å². The average Bonchev–Trinajstić information content (AvgIpc) is 3.44.